The van der Waals surface area contributed by atoms with E-state index in [0.717, 1.165) is 83.7 Å². The van der Waals surface area contributed by atoms with Crippen molar-refractivity contribution in [2.75, 3.05) is 0 Å². The monoisotopic (exact) mass is 1290 g/mol. The molecule has 0 aliphatic carbocycles. The number of rotatable bonds is 6. The van der Waals surface area contributed by atoms with Crippen LogP contribution in [0, 0.1) is 0 Å². The molecule has 19 aromatic rings. The van der Waals surface area contributed by atoms with Crippen LogP contribution in [0.15, 0.2) is 280 Å². The molecular formula is C93H64BN7. The van der Waals surface area contributed by atoms with Crippen LogP contribution in [0.3, 0.4) is 0 Å². The molecule has 0 atom stereocenters. The number of benzene rings is 12. The molecule has 0 saturated heterocycles. The third kappa shape index (κ3) is 8.10. The molecule has 2 aliphatic heterocycles. The van der Waals surface area contributed by atoms with Gasteiger partial charge >= 0.3 is 0 Å². The number of fused-ring (bicyclic) bond motifs is 24. The highest BCUT2D eigenvalue weighted by molar-refractivity contribution is 7.00. The van der Waals surface area contributed by atoms with E-state index in [2.05, 4.69) is 263 Å². The lowest BCUT2D eigenvalue weighted by atomic mass is 9.34. The summed E-state index contributed by atoms with van der Waals surface area (Å²) in [6.07, 6.45) is 19.5. The molecule has 0 saturated carbocycles. The summed E-state index contributed by atoms with van der Waals surface area (Å²) < 4.78 is 5.40. The molecule has 0 radical (unpaired) electrons. The van der Waals surface area contributed by atoms with Crippen LogP contribution < -0.4 is 16.4 Å². The van der Waals surface area contributed by atoms with E-state index in [9.17, 15) is 0 Å². The van der Waals surface area contributed by atoms with Gasteiger partial charge in [0, 0.05) is 167 Å². The van der Waals surface area contributed by atoms with Gasteiger partial charge in [0.25, 0.3) is 6.71 Å². The molecule has 0 fully saturated rings. The van der Waals surface area contributed by atoms with E-state index in [4.69, 9.17) is 24.9 Å². The third-order valence-corrected chi connectivity index (χ3v) is 22.3. The first-order chi connectivity index (χ1) is 49.5. The lowest BCUT2D eigenvalue weighted by Crippen LogP contribution is -2.59. The fourth-order valence-corrected chi connectivity index (χ4v) is 18.1. The van der Waals surface area contributed by atoms with Gasteiger partial charge in [0.05, 0.1) is 16.6 Å². The first-order valence-electron chi connectivity index (χ1n) is 35.1. The zero-order valence-corrected chi connectivity index (χ0v) is 56.8. The minimum atomic E-state index is -0.226. The summed E-state index contributed by atoms with van der Waals surface area (Å²) in [6, 6.07) is 83.0. The molecule has 0 bridgehead atoms. The molecule has 0 unspecified atom stereocenters. The van der Waals surface area contributed by atoms with E-state index < -0.39 is 0 Å². The molecular weight excluding hydrogens is 1230 g/mol. The second-order valence-electron chi connectivity index (χ2n) is 29.9. The maximum Gasteiger partial charge on any atom is 0.252 e. The van der Waals surface area contributed by atoms with E-state index in [-0.39, 0.29) is 17.5 Å². The number of nitrogens with zero attached hydrogens (tertiary/aromatic N) is 7. The fraction of sp³-hybridized carbons (Fsp3) is 0.0860. The summed E-state index contributed by atoms with van der Waals surface area (Å²) in [4.78, 5) is 24.8. The molecule has 9 heterocycles. The average molecular weight is 1290 g/mol. The van der Waals surface area contributed by atoms with Crippen molar-refractivity contribution in [2.45, 2.75) is 52.4 Å². The highest BCUT2D eigenvalue weighted by Gasteiger charge is 2.44. The second-order valence-corrected chi connectivity index (χ2v) is 29.9. The number of pyridine rings is 5. The van der Waals surface area contributed by atoms with Crippen LogP contribution in [0.1, 0.15) is 52.7 Å². The predicted octanol–water partition coefficient (Wildman–Crippen LogP) is 21.5. The normalized spacial score (nSPS) is 12.8. The Kier molecular flexibility index (Phi) is 12.0. The van der Waals surface area contributed by atoms with Gasteiger partial charge in [0.15, 0.2) is 0 Å². The van der Waals surface area contributed by atoms with Gasteiger partial charge in [-0.05, 0) is 170 Å². The van der Waals surface area contributed by atoms with Crippen molar-refractivity contribution < 1.29 is 0 Å². The maximum atomic E-state index is 5.02. The largest absolute Gasteiger partial charge is 0.310 e. The Hall–Kier alpha value is -12.4. The Balaban J connectivity index is 1.06. The second kappa shape index (κ2) is 21.1. The van der Waals surface area contributed by atoms with Crippen molar-refractivity contribution in [1.82, 2.24) is 34.1 Å². The highest BCUT2D eigenvalue weighted by atomic mass is 15.0. The lowest BCUT2D eigenvalue weighted by molar-refractivity contribution is 0.590. The van der Waals surface area contributed by atoms with Gasteiger partial charge in [0.1, 0.15) is 0 Å². The van der Waals surface area contributed by atoms with Crippen LogP contribution in [0.4, 0.5) is 0 Å². The Bertz CT molecular complexity index is 6670. The Morgan fingerprint density at radius 3 is 1.07 bits per heavy atom. The van der Waals surface area contributed by atoms with E-state index in [0.29, 0.717) is 0 Å². The molecule has 7 nitrogen and oxygen atoms in total. The van der Waals surface area contributed by atoms with Gasteiger partial charge in [-0.15, -0.1) is 0 Å². The molecule has 21 rings (SSSR count). The van der Waals surface area contributed by atoms with Crippen LogP contribution in [0.2, 0.25) is 0 Å². The molecule has 0 spiro atoms. The first-order valence-corrected chi connectivity index (χ1v) is 35.1. The van der Waals surface area contributed by atoms with E-state index in [1.807, 2.05) is 68.0 Å². The van der Waals surface area contributed by atoms with Gasteiger partial charge in [-0.1, -0.05) is 193 Å². The summed E-state index contributed by atoms with van der Waals surface area (Å²) in [5.41, 5.74) is 25.1. The average Bonchev–Trinajstić information content (AvgIpc) is 1.54. The minimum absolute atomic E-state index is 0.113. The van der Waals surface area contributed by atoms with Crippen molar-refractivity contribution >= 4 is 131 Å². The third-order valence-electron chi connectivity index (χ3n) is 22.3. The van der Waals surface area contributed by atoms with E-state index in [1.165, 1.54) is 130 Å². The maximum absolute atomic E-state index is 5.02. The molecule has 2 aliphatic rings. The molecule has 0 N–H and O–H groups in total. The van der Waals surface area contributed by atoms with Crippen molar-refractivity contribution in [3.63, 3.8) is 0 Å². The van der Waals surface area contributed by atoms with Crippen molar-refractivity contribution in [2.24, 2.45) is 0 Å². The number of hydrogen-bond donors (Lipinski definition) is 0. The smallest absolute Gasteiger partial charge is 0.252 e. The highest BCUT2D eigenvalue weighted by Crippen LogP contribution is 2.58. The standard InChI is InChI=1S/C93H64BN7/c1-92(2,3)59-33-35-75-70(44-59)72-45-60(93(4,5)6)46-73-90(72)100(75)77-42-58(84-82(56-23-18-40-98-51-56)80(54-21-16-38-96-49-54)79(53-20-15-37-95-48-53)81(55-22-17-39-97-50-55)83(84)57-24-19-41-99-52-57)43-78-89(77)94(73)74-47-71-66-30-10-8-26-62(66)64-28-12-14-32-68(64)86(71)88-87-76(101(78)91(74)88)36-34-69-65-29-9-7-25-61(65)63-27-11-13-31-67(63)85(69)87/h7-52H,1-6H3. The lowest BCUT2D eigenvalue weighted by Gasteiger charge is -2.36. The molecule has 12 aromatic carbocycles. The number of hydrogen-bond acceptors (Lipinski definition) is 5. The molecule has 101 heavy (non-hydrogen) atoms. The van der Waals surface area contributed by atoms with Gasteiger partial charge in [-0.25, -0.2) is 0 Å². The summed E-state index contributed by atoms with van der Waals surface area (Å²) in [5.74, 6) is 0. The van der Waals surface area contributed by atoms with E-state index in [1.54, 1.807) is 0 Å². The quantitative estimate of drug-likeness (QED) is 0.122. The van der Waals surface area contributed by atoms with Crippen LogP contribution in [-0.2, 0) is 10.8 Å². The zero-order chi connectivity index (χ0) is 67.3. The number of aromatic nitrogens is 7. The molecule has 474 valence electrons. The van der Waals surface area contributed by atoms with Gasteiger partial charge in [-0.3, -0.25) is 24.9 Å². The summed E-state index contributed by atoms with van der Waals surface area (Å²) in [7, 11) is 0. The minimum Gasteiger partial charge on any atom is -0.310 e. The molecule has 0 amide bonds. The summed E-state index contributed by atoms with van der Waals surface area (Å²) in [6.45, 7) is 14.0. The van der Waals surface area contributed by atoms with Crippen molar-refractivity contribution in [1.29, 1.82) is 0 Å². The van der Waals surface area contributed by atoms with Crippen molar-refractivity contribution in [3.05, 3.63) is 291 Å². The Labute approximate surface area is 583 Å². The predicted molar refractivity (Wildman–Crippen MR) is 424 cm³/mol. The van der Waals surface area contributed by atoms with Gasteiger partial charge < -0.3 is 9.13 Å². The first kappa shape index (κ1) is 57.7. The van der Waals surface area contributed by atoms with Crippen LogP contribution >= 0.6 is 0 Å². The zero-order valence-electron chi connectivity index (χ0n) is 56.8. The fourth-order valence-electron chi connectivity index (χ4n) is 18.1. The molecule has 8 heteroatoms. The Morgan fingerprint density at radius 1 is 0.267 bits per heavy atom. The SMILES string of the molecule is CC(C)(C)c1ccc2c(c1)c1cc(C(C)(C)C)cc3c1n2-c1cc(-c2c(-c4cccnc4)c(-c4cccnc4)c(-c4cccnc4)c(-c4cccnc4)c2-c2cccnc2)cc2c1B3c1cc3c4ccccc4c4ccccc4c3c3c4c5c6ccccc6c6ccccc6c5ccc4n-2c13. The van der Waals surface area contributed by atoms with Crippen LogP contribution in [0.25, 0.3) is 186 Å². The van der Waals surface area contributed by atoms with Crippen LogP contribution in [0.5, 0.6) is 0 Å². The van der Waals surface area contributed by atoms with Gasteiger partial charge in [-0.2, -0.15) is 0 Å². The Morgan fingerprint density at radius 2 is 0.634 bits per heavy atom. The molecule has 7 aromatic heterocycles. The van der Waals surface area contributed by atoms with Gasteiger partial charge in [0.2, 0.25) is 0 Å². The topological polar surface area (TPSA) is 74.3 Å². The van der Waals surface area contributed by atoms with E-state index >= 15 is 0 Å². The van der Waals surface area contributed by atoms with Crippen molar-refractivity contribution in [3.8, 4) is 78.1 Å². The summed E-state index contributed by atoms with van der Waals surface area (Å²) >= 11 is 0. The van der Waals surface area contributed by atoms with Crippen LogP contribution in [-0.4, -0.2) is 40.8 Å². The summed E-state index contributed by atoms with van der Waals surface area (Å²) in [5, 5.41) is 20.0.